The van der Waals surface area contributed by atoms with Gasteiger partial charge in [-0.15, -0.1) is 0 Å². The van der Waals surface area contributed by atoms with Crippen LogP contribution in [-0.4, -0.2) is 56.6 Å². The van der Waals surface area contributed by atoms with Crippen LogP contribution in [0.3, 0.4) is 0 Å². The summed E-state index contributed by atoms with van der Waals surface area (Å²) in [5, 5.41) is 6.02. The van der Waals surface area contributed by atoms with Crippen molar-refractivity contribution in [3.05, 3.63) is 59.7 Å². The van der Waals surface area contributed by atoms with Gasteiger partial charge in [-0.25, -0.2) is 0 Å². The smallest absolute Gasteiger partial charge is 0.251 e. The standard InChI is InChI=1S/C27H37N3O4/c1-19(2)25(29-26(31)21-10-14-23(34-4)15-11-21)27(32)28-18-24(30-16-6-5-7-17-30)20-8-12-22(33-3)13-9-20/h8-15,19,24-25H,5-7,16-18H2,1-4H3,(H,28,32)(H,29,31)/t24-,25-/m1/s1. The zero-order chi connectivity index (χ0) is 24.5. The lowest BCUT2D eigenvalue weighted by molar-refractivity contribution is -0.124. The van der Waals surface area contributed by atoms with Gasteiger partial charge >= 0.3 is 0 Å². The summed E-state index contributed by atoms with van der Waals surface area (Å²) < 4.78 is 10.5. The normalized spacial score (nSPS) is 15.9. The lowest BCUT2D eigenvalue weighted by atomic mass is 10.00. The second-order valence-electron chi connectivity index (χ2n) is 9.05. The van der Waals surface area contributed by atoms with Crippen LogP contribution < -0.4 is 20.1 Å². The fourth-order valence-electron chi connectivity index (χ4n) is 4.32. The quantitative estimate of drug-likeness (QED) is 0.556. The highest BCUT2D eigenvalue weighted by Gasteiger charge is 2.27. The van der Waals surface area contributed by atoms with Crippen molar-refractivity contribution < 1.29 is 19.1 Å². The number of likely N-dealkylation sites (tertiary alicyclic amines) is 1. The molecule has 34 heavy (non-hydrogen) atoms. The van der Waals surface area contributed by atoms with E-state index in [-0.39, 0.29) is 23.8 Å². The third kappa shape index (κ3) is 6.73. The first-order chi connectivity index (χ1) is 16.4. The minimum atomic E-state index is -0.632. The number of nitrogens with zero attached hydrogens (tertiary/aromatic N) is 1. The van der Waals surface area contributed by atoms with Gasteiger partial charge in [0.15, 0.2) is 0 Å². The summed E-state index contributed by atoms with van der Waals surface area (Å²) in [7, 11) is 3.24. The maximum absolute atomic E-state index is 13.2. The zero-order valence-electron chi connectivity index (χ0n) is 20.7. The number of methoxy groups -OCH3 is 2. The molecule has 2 atom stereocenters. The molecule has 0 saturated carbocycles. The number of piperidine rings is 1. The Morgan fingerprint density at radius 1 is 0.882 bits per heavy atom. The van der Waals surface area contributed by atoms with Gasteiger partial charge in [0, 0.05) is 12.1 Å². The van der Waals surface area contributed by atoms with E-state index in [0.717, 1.165) is 37.2 Å². The highest BCUT2D eigenvalue weighted by molar-refractivity contribution is 5.97. The lowest BCUT2D eigenvalue weighted by Gasteiger charge is -2.35. The van der Waals surface area contributed by atoms with E-state index in [1.54, 1.807) is 38.5 Å². The highest BCUT2D eigenvalue weighted by atomic mass is 16.5. The van der Waals surface area contributed by atoms with Crippen LogP contribution in [0.1, 0.15) is 55.1 Å². The largest absolute Gasteiger partial charge is 0.497 e. The molecule has 1 saturated heterocycles. The van der Waals surface area contributed by atoms with Crippen molar-refractivity contribution in [3.63, 3.8) is 0 Å². The van der Waals surface area contributed by atoms with Gasteiger partial charge in [-0.05, 0) is 73.8 Å². The second kappa shape index (κ2) is 12.4. The van der Waals surface area contributed by atoms with Crippen LogP contribution in [0.15, 0.2) is 48.5 Å². The van der Waals surface area contributed by atoms with Gasteiger partial charge in [0.05, 0.1) is 20.3 Å². The summed E-state index contributed by atoms with van der Waals surface area (Å²) >= 11 is 0. The van der Waals surface area contributed by atoms with E-state index in [2.05, 4.69) is 27.7 Å². The number of amides is 2. The van der Waals surface area contributed by atoms with Gasteiger partial charge in [0.25, 0.3) is 5.91 Å². The number of rotatable bonds is 10. The van der Waals surface area contributed by atoms with E-state index >= 15 is 0 Å². The highest BCUT2D eigenvalue weighted by Crippen LogP contribution is 2.26. The number of carbonyl (C=O) groups is 2. The van der Waals surface area contributed by atoms with Crippen molar-refractivity contribution in [2.45, 2.75) is 45.2 Å². The molecule has 2 aromatic rings. The van der Waals surface area contributed by atoms with Gasteiger partial charge in [-0.1, -0.05) is 32.4 Å². The van der Waals surface area contributed by atoms with E-state index in [1.165, 1.54) is 6.42 Å². The predicted molar refractivity (Wildman–Crippen MR) is 133 cm³/mol. The van der Waals surface area contributed by atoms with Crippen LogP contribution in [0.2, 0.25) is 0 Å². The second-order valence-corrected chi connectivity index (χ2v) is 9.05. The topological polar surface area (TPSA) is 79.9 Å². The van der Waals surface area contributed by atoms with Crippen molar-refractivity contribution in [3.8, 4) is 11.5 Å². The first-order valence-electron chi connectivity index (χ1n) is 12.0. The van der Waals surface area contributed by atoms with E-state index < -0.39 is 6.04 Å². The molecule has 7 heteroatoms. The summed E-state index contributed by atoms with van der Waals surface area (Å²) in [6.07, 6.45) is 3.56. The van der Waals surface area contributed by atoms with Crippen LogP contribution in [0.25, 0.3) is 0 Å². The Bertz CT molecular complexity index is 922. The molecule has 1 fully saturated rings. The van der Waals surface area contributed by atoms with Crippen LogP contribution in [0, 0.1) is 5.92 Å². The minimum Gasteiger partial charge on any atom is -0.497 e. The number of carbonyl (C=O) groups excluding carboxylic acids is 2. The number of hydrogen-bond donors (Lipinski definition) is 2. The molecule has 0 spiro atoms. The number of benzene rings is 2. The summed E-state index contributed by atoms with van der Waals surface area (Å²) in [6.45, 7) is 6.36. The van der Waals surface area contributed by atoms with Crippen LogP contribution in [0.4, 0.5) is 0 Å². The summed E-state index contributed by atoms with van der Waals surface area (Å²) in [5.74, 6) is 0.978. The van der Waals surface area contributed by atoms with Crippen molar-refractivity contribution in [1.29, 1.82) is 0 Å². The molecule has 0 aliphatic carbocycles. The molecule has 1 aliphatic heterocycles. The lowest BCUT2D eigenvalue weighted by Crippen LogP contribution is -2.51. The van der Waals surface area contributed by atoms with E-state index in [0.29, 0.717) is 17.9 Å². The molecule has 2 amide bonds. The molecule has 2 aromatic carbocycles. The Morgan fingerprint density at radius 2 is 1.44 bits per heavy atom. The van der Waals surface area contributed by atoms with E-state index in [9.17, 15) is 9.59 Å². The molecule has 2 N–H and O–H groups in total. The van der Waals surface area contributed by atoms with Crippen molar-refractivity contribution >= 4 is 11.8 Å². The number of ether oxygens (including phenoxy) is 2. The van der Waals surface area contributed by atoms with Crippen LogP contribution >= 0.6 is 0 Å². The summed E-state index contributed by atoms with van der Waals surface area (Å²) in [6, 6.07) is 14.3. The molecule has 0 bridgehead atoms. The first kappa shape index (κ1) is 25.6. The predicted octanol–water partition coefficient (Wildman–Crippen LogP) is 3.80. The molecule has 0 radical (unpaired) electrons. The Kier molecular flexibility index (Phi) is 9.33. The molecule has 1 aliphatic rings. The Hall–Kier alpha value is -3.06. The average molecular weight is 468 g/mol. The molecule has 7 nitrogen and oxygen atoms in total. The Balaban J connectivity index is 1.68. The van der Waals surface area contributed by atoms with Gasteiger partial charge in [0.2, 0.25) is 5.91 Å². The maximum atomic E-state index is 13.2. The molecule has 1 heterocycles. The fraction of sp³-hybridized carbons (Fsp3) is 0.481. The number of nitrogens with one attached hydrogen (secondary N) is 2. The van der Waals surface area contributed by atoms with Gasteiger partial charge in [-0.2, -0.15) is 0 Å². The first-order valence-corrected chi connectivity index (χ1v) is 12.0. The molecule has 3 rings (SSSR count). The third-order valence-electron chi connectivity index (χ3n) is 6.39. The maximum Gasteiger partial charge on any atom is 0.251 e. The Morgan fingerprint density at radius 3 is 1.97 bits per heavy atom. The van der Waals surface area contributed by atoms with Crippen molar-refractivity contribution in [2.75, 3.05) is 33.9 Å². The molecule has 184 valence electrons. The molecular formula is C27H37N3O4. The SMILES string of the molecule is COc1ccc(C(=O)N[C@@H](C(=O)NC[C@H](c2ccc(OC)cc2)N2CCCCC2)C(C)C)cc1. The van der Waals surface area contributed by atoms with Gasteiger partial charge in [-0.3, -0.25) is 14.5 Å². The fourth-order valence-corrected chi connectivity index (χ4v) is 4.32. The van der Waals surface area contributed by atoms with Crippen molar-refractivity contribution in [2.24, 2.45) is 5.92 Å². The Labute approximate surface area is 202 Å². The van der Waals surface area contributed by atoms with Crippen molar-refractivity contribution in [1.82, 2.24) is 15.5 Å². The van der Waals surface area contributed by atoms with E-state index in [1.807, 2.05) is 26.0 Å². The average Bonchev–Trinajstić information content (AvgIpc) is 2.88. The monoisotopic (exact) mass is 467 g/mol. The number of hydrogen-bond acceptors (Lipinski definition) is 5. The molecule has 0 aromatic heterocycles. The van der Waals surface area contributed by atoms with E-state index in [4.69, 9.17) is 9.47 Å². The van der Waals surface area contributed by atoms with Gasteiger partial charge < -0.3 is 20.1 Å². The summed E-state index contributed by atoms with van der Waals surface area (Å²) in [4.78, 5) is 28.4. The molecular weight excluding hydrogens is 430 g/mol. The van der Waals surface area contributed by atoms with Crippen LogP contribution in [0.5, 0.6) is 11.5 Å². The minimum absolute atomic E-state index is 0.0587. The van der Waals surface area contributed by atoms with Gasteiger partial charge in [0.1, 0.15) is 17.5 Å². The third-order valence-corrected chi connectivity index (χ3v) is 6.39. The molecule has 0 unspecified atom stereocenters. The summed E-state index contributed by atoms with van der Waals surface area (Å²) in [5.41, 5.74) is 1.63. The zero-order valence-corrected chi connectivity index (χ0v) is 20.7. The van der Waals surface area contributed by atoms with Crippen LogP contribution in [-0.2, 0) is 4.79 Å².